The average molecular weight is 565 g/mol. The molecule has 0 radical (unpaired) electrons. The Hall–Kier alpha value is -2.44. The third-order valence-corrected chi connectivity index (χ3v) is 6.28. The molecule has 0 saturated heterocycles. The SMILES string of the molecule is CC(C)(C)N(CCC1CNC(=O)c2cc(-c3cccc(OC(F)(F)F)c3)c(I)n21)C(=O)O. The lowest BCUT2D eigenvalue weighted by molar-refractivity contribution is -0.274. The highest BCUT2D eigenvalue weighted by molar-refractivity contribution is 14.1. The molecule has 1 aliphatic heterocycles. The summed E-state index contributed by atoms with van der Waals surface area (Å²) < 4.78 is 44.3. The number of fused-ring (bicyclic) bond motifs is 1. The van der Waals surface area contributed by atoms with Crippen molar-refractivity contribution in [2.24, 2.45) is 0 Å². The monoisotopic (exact) mass is 565 g/mol. The zero-order valence-corrected chi connectivity index (χ0v) is 19.8. The van der Waals surface area contributed by atoms with Crippen LogP contribution < -0.4 is 10.1 Å². The van der Waals surface area contributed by atoms with E-state index in [1.165, 1.54) is 23.1 Å². The van der Waals surface area contributed by atoms with Crippen molar-refractivity contribution in [1.82, 2.24) is 14.8 Å². The number of benzene rings is 1. The zero-order valence-electron chi connectivity index (χ0n) is 17.7. The number of halogens is 4. The van der Waals surface area contributed by atoms with Crippen LogP contribution in [0.2, 0.25) is 0 Å². The first-order valence-corrected chi connectivity index (χ1v) is 10.9. The Morgan fingerprint density at radius 2 is 2.00 bits per heavy atom. The number of ether oxygens (including phenoxy) is 1. The van der Waals surface area contributed by atoms with Crippen LogP contribution in [0.3, 0.4) is 0 Å². The topological polar surface area (TPSA) is 83.8 Å². The minimum atomic E-state index is -4.81. The lowest BCUT2D eigenvalue weighted by Crippen LogP contribution is -2.47. The van der Waals surface area contributed by atoms with E-state index in [0.717, 1.165) is 0 Å². The van der Waals surface area contributed by atoms with Gasteiger partial charge < -0.3 is 24.6 Å². The molecule has 1 atom stereocenters. The van der Waals surface area contributed by atoms with Gasteiger partial charge in [-0.25, -0.2) is 4.79 Å². The quantitative estimate of drug-likeness (QED) is 0.494. The Bertz CT molecular complexity index is 1030. The average Bonchev–Trinajstić information content (AvgIpc) is 3.00. The summed E-state index contributed by atoms with van der Waals surface area (Å²) >= 11 is 2.06. The van der Waals surface area contributed by atoms with Crippen LogP contribution in [-0.4, -0.2) is 51.6 Å². The number of rotatable bonds is 5. The van der Waals surface area contributed by atoms with Gasteiger partial charge >= 0.3 is 12.5 Å². The highest BCUT2D eigenvalue weighted by Gasteiger charge is 2.33. The van der Waals surface area contributed by atoms with Crippen LogP contribution in [0, 0.1) is 3.70 Å². The molecule has 2 aromatic rings. The van der Waals surface area contributed by atoms with E-state index in [9.17, 15) is 27.9 Å². The van der Waals surface area contributed by atoms with E-state index in [1.807, 2.05) is 25.3 Å². The number of hydrogen-bond donors (Lipinski definition) is 2. The summed E-state index contributed by atoms with van der Waals surface area (Å²) in [6.07, 6.45) is -5.38. The van der Waals surface area contributed by atoms with Gasteiger partial charge in [0.25, 0.3) is 5.91 Å². The molecule has 2 heterocycles. The summed E-state index contributed by atoms with van der Waals surface area (Å²) in [6.45, 7) is 6.01. The molecule has 2 N–H and O–H groups in total. The van der Waals surface area contributed by atoms with Gasteiger partial charge in [0, 0.05) is 24.2 Å². The fourth-order valence-corrected chi connectivity index (χ4v) is 4.84. The molecule has 2 amide bonds. The molecule has 174 valence electrons. The van der Waals surface area contributed by atoms with Gasteiger partial charge in [0.2, 0.25) is 0 Å². The maximum atomic E-state index is 12.6. The highest BCUT2D eigenvalue weighted by atomic mass is 127. The molecule has 0 aliphatic carbocycles. The summed E-state index contributed by atoms with van der Waals surface area (Å²) in [4.78, 5) is 25.5. The zero-order chi connectivity index (χ0) is 23.8. The Morgan fingerprint density at radius 3 is 2.59 bits per heavy atom. The number of hydrogen-bond acceptors (Lipinski definition) is 3. The van der Waals surface area contributed by atoms with Gasteiger partial charge in [0.1, 0.15) is 11.4 Å². The second-order valence-corrected chi connectivity index (χ2v) is 9.46. The van der Waals surface area contributed by atoms with Gasteiger partial charge in [0.15, 0.2) is 0 Å². The van der Waals surface area contributed by atoms with Gasteiger partial charge in [0.05, 0.1) is 9.74 Å². The Balaban J connectivity index is 1.93. The number of carbonyl (C=O) groups excluding carboxylic acids is 1. The molecular weight excluding hydrogens is 542 g/mol. The van der Waals surface area contributed by atoms with E-state index in [0.29, 0.717) is 33.5 Å². The number of alkyl halides is 3. The lowest BCUT2D eigenvalue weighted by atomic mass is 10.0. The molecule has 11 heteroatoms. The van der Waals surface area contributed by atoms with Crippen LogP contribution in [0.1, 0.15) is 43.7 Å². The Labute approximate surface area is 196 Å². The van der Waals surface area contributed by atoms with Crippen LogP contribution in [0.25, 0.3) is 11.1 Å². The van der Waals surface area contributed by atoms with Gasteiger partial charge in [-0.1, -0.05) is 12.1 Å². The first-order chi connectivity index (χ1) is 14.8. The second-order valence-electron chi connectivity index (χ2n) is 8.44. The summed E-state index contributed by atoms with van der Waals surface area (Å²) in [5, 5.41) is 12.4. The maximum Gasteiger partial charge on any atom is 0.573 e. The number of aromatic nitrogens is 1. The van der Waals surface area contributed by atoms with Crippen molar-refractivity contribution in [1.29, 1.82) is 0 Å². The van der Waals surface area contributed by atoms with Crippen LogP contribution in [0.15, 0.2) is 30.3 Å². The Morgan fingerprint density at radius 1 is 1.31 bits per heavy atom. The molecule has 0 spiro atoms. The summed E-state index contributed by atoms with van der Waals surface area (Å²) in [5.41, 5.74) is 0.869. The number of nitrogens with zero attached hydrogens (tertiary/aromatic N) is 2. The van der Waals surface area contributed by atoms with Crippen molar-refractivity contribution < 1.29 is 32.6 Å². The molecule has 1 aromatic heterocycles. The van der Waals surface area contributed by atoms with Gasteiger partial charge in [-0.05, 0) is 73.5 Å². The van der Waals surface area contributed by atoms with Crippen molar-refractivity contribution in [3.63, 3.8) is 0 Å². The van der Waals surface area contributed by atoms with E-state index in [2.05, 4.69) is 32.6 Å². The van der Waals surface area contributed by atoms with Crippen molar-refractivity contribution >= 4 is 34.6 Å². The molecule has 1 aromatic carbocycles. The van der Waals surface area contributed by atoms with Crippen LogP contribution in [0.5, 0.6) is 5.75 Å². The molecule has 7 nitrogen and oxygen atoms in total. The normalized spacial score (nSPS) is 16.3. The number of amides is 2. The van der Waals surface area contributed by atoms with Crippen LogP contribution in [-0.2, 0) is 0 Å². The van der Waals surface area contributed by atoms with E-state index in [1.54, 1.807) is 12.1 Å². The predicted octanol–water partition coefficient (Wildman–Crippen LogP) is 5.11. The number of nitrogens with one attached hydrogen (secondary N) is 1. The van der Waals surface area contributed by atoms with Crippen LogP contribution >= 0.6 is 22.6 Å². The Kier molecular flexibility index (Phi) is 6.68. The van der Waals surface area contributed by atoms with Crippen molar-refractivity contribution in [2.45, 2.75) is 45.1 Å². The molecule has 32 heavy (non-hydrogen) atoms. The fraction of sp³-hybridized carbons (Fsp3) is 0.429. The maximum absolute atomic E-state index is 12.6. The van der Waals surface area contributed by atoms with E-state index >= 15 is 0 Å². The molecular formula is C21H23F3IN3O4. The minimum Gasteiger partial charge on any atom is -0.465 e. The molecule has 0 fully saturated rings. The number of carboxylic acid groups (broad SMARTS) is 1. The van der Waals surface area contributed by atoms with Gasteiger partial charge in [-0.15, -0.1) is 13.2 Å². The highest BCUT2D eigenvalue weighted by Crippen LogP contribution is 2.36. The first kappa shape index (κ1) is 24.2. The summed E-state index contributed by atoms with van der Waals surface area (Å²) in [5.74, 6) is -0.641. The van der Waals surface area contributed by atoms with Gasteiger partial charge in [-0.3, -0.25) is 4.79 Å². The molecule has 0 saturated carbocycles. The smallest absolute Gasteiger partial charge is 0.465 e. The summed E-state index contributed by atoms with van der Waals surface area (Å²) in [6, 6.07) is 7.01. The first-order valence-electron chi connectivity index (χ1n) is 9.83. The standard InChI is InChI=1S/C21H23F3IN3O4/c1-20(2,3)27(19(30)31)8-7-13-11-26-18(29)16-10-15(17(25)28(13)16)12-5-4-6-14(9-12)32-21(22,23)24/h4-6,9-10,13H,7-8,11H2,1-3H3,(H,26,29)(H,30,31). The van der Waals surface area contributed by atoms with Crippen molar-refractivity contribution in [3.05, 3.63) is 39.7 Å². The largest absolute Gasteiger partial charge is 0.573 e. The van der Waals surface area contributed by atoms with E-state index < -0.39 is 18.0 Å². The lowest BCUT2D eigenvalue weighted by Gasteiger charge is -2.35. The summed E-state index contributed by atoms with van der Waals surface area (Å²) in [7, 11) is 0. The second kappa shape index (κ2) is 8.83. The minimum absolute atomic E-state index is 0.206. The third kappa shape index (κ3) is 5.30. The van der Waals surface area contributed by atoms with Crippen LogP contribution in [0.4, 0.5) is 18.0 Å². The van der Waals surface area contributed by atoms with E-state index in [-0.39, 0.29) is 24.2 Å². The molecule has 0 bridgehead atoms. The molecule has 1 unspecified atom stereocenters. The van der Waals surface area contributed by atoms with Crippen molar-refractivity contribution in [2.75, 3.05) is 13.1 Å². The number of carbonyl (C=O) groups is 2. The molecule has 3 rings (SSSR count). The van der Waals surface area contributed by atoms with Crippen molar-refractivity contribution in [3.8, 4) is 16.9 Å². The third-order valence-electron chi connectivity index (χ3n) is 5.18. The van der Waals surface area contributed by atoms with E-state index in [4.69, 9.17) is 0 Å². The van der Waals surface area contributed by atoms with Gasteiger partial charge in [-0.2, -0.15) is 0 Å². The fourth-order valence-electron chi connectivity index (χ4n) is 3.72. The molecule has 1 aliphatic rings. The predicted molar refractivity (Wildman–Crippen MR) is 120 cm³/mol.